The van der Waals surface area contributed by atoms with Crippen molar-refractivity contribution in [2.75, 3.05) is 11.9 Å². The van der Waals surface area contributed by atoms with Gasteiger partial charge >= 0.3 is 5.97 Å². The summed E-state index contributed by atoms with van der Waals surface area (Å²) in [5.41, 5.74) is 1.33. The van der Waals surface area contributed by atoms with Crippen LogP contribution in [0.2, 0.25) is 5.02 Å². The highest BCUT2D eigenvalue weighted by molar-refractivity contribution is 8.26. The van der Waals surface area contributed by atoms with E-state index < -0.39 is 5.97 Å². The van der Waals surface area contributed by atoms with E-state index in [9.17, 15) is 14.4 Å². The van der Waals surface area contributed by atoms with E-state index in [1.807, 2.05) is 6.07 Å². The Balaban J connectivity index is 1.59. The third-order valence-corrected chi connectivity index (χ3v) is 5.77. The summed E-state index contributed by atoms with van der Waals surface area (Å²) in [7, 11) is 0. The molecule has 2 aromatic rings. The first-order chi connectivity index (χ1) is 13.8. The van der Waals surface area contributed by atoms with Crippen LogP contribution in [0.15, 0.2) is 53.4 Å². The van der Waals surface area contributed by atoms with Crippen molar-refractivity contribution in [2.24, 2.45) is 0 Å². The van der Waals surface area contributed by atoms with Crippen LogP contribution in [-0.4, -0.2) is 38.7 Å². The topological polar surface area (TPSA) is 86.7 Å². The lowest BCUT2D eigenvalue weighted by atomic mass is 10.2. The number of halogens is 1. The number of carbonyl (C=O) groups is 3. The fourth-order valence-electron chi connectivity index (χ4n) is 2.56. The molecule has 0 saturated carbocycles. The molecule has 2 amide bonds. The zero-order valence-corrected chi connectivity index (χ0v) is 17.3. The maximum atomic E-state index is 12.6. The molecule has 1 heterocycles. The van der Waals surface area contributed by atoms with Crippen molar-refractivity contribution in [1.82, 2.24) is 4.90 Å². The number of thioether (sulfide) groups is 1. The molecule has 0 radical (unpaired) electrons. The van der Waals surface area contributed by atoms with Crippen molar-refractivity contribution in [2.45, 2.75) is 6.42 Å². The van der Waals surface area contributed by atoms with Crippen LogP contribution in [0.1, 0.15) is 22.3 Å². The number of nitrogens with one attached hydrogen (secondary N) is 1. The van der Waals surface area contributed by atoms with E-state index in [2.05, 4.69) is 5.32 Å². The van der Waals surface area contributed by atoms with E-state index in [1.54, 1.807) is 24.3 Å². The highest BCUT2D eigenvalue weighted by Crippen LogP contribution is 2.33. The minimum Gasteiger partial charge on any atom is -0.478 e. The van der Waals surface area contributed by atoms with Gasteiger partial charge in [-0.2, -0.15) is 0 Å². The first kappa shape index (κ1) is 21.0. The Morgan fingerprint density at radius 3 is 2.52 bits per heavy atom. The number of thiocarbonyl (C=S) groups is 1. The molecular formula is C20H15ClN2O4S2. The molecule has 0 atom stereocenters. The van der Waals surface area contributed by atoms with Gasteiger partial charge in [-0.1, -0.05) is 53.8 Å². The second-order valence-electron chi connectivity index (χ2n) is 6.04. The van der Waals surface area contributed by atoms with Gasteiger partial charge in [-0.3, -0.25) is 14.5 Å². The lowest BCUT2D eigenvalue weighted by Gasteiger charge is -2.14. The molecule has 148 valence electrons. The lowest BCUT2D eigenvalue weighted by Crippen LogP contribution is -2.31. The van der Waals surface area contributed by atoms with E-state index in [4.69, 9.17) is 28.9 Å². The summed E-state index contributed by atoms with van der Waals surface area (Å²) < 4.78 is 0.381. The molecule has 29 heavy (non-hydrogen) atoms. The Hall–Kier alpha value is -2.68. The standard InChI is InChI=1S/C20H15ClN2O4S2/c21-15-4-2-1-3-13(15)11-16-18(25)23(20(28)29-16)10-9-17(24)22-14-7-5-12(6-8-14)19(26)27/h1-8,11H,9-10H2,(H,22,24)(H,26,27)/b16-11+. The highest BCUT2D eigenvalue weighted by Gasteiger charge is 2.32. The largest absolute Gasteiger partial charge is 0.478 e. The van der Waals surface area contributed by atoms with Gasteiger partial charge in [0.05, 0.1) is 10.5 Å². The van der Waals surface area contributed by atoms with Gasteiger partial charge in [0.15, 0.2) is 0 Å². The van der Waals surface area contributed by atoms with E-state index in [-0.39, 0.29) is 30.3 Å². The van der Waals surface area contributed by atoms with Crippen LogP contribution in [0.5, 0.6) is 0 Å². The van der Waals surface area contributed by atoms with Crippen LogP contribution in [0.25, 0.3) is 6.08 Å². The van der Waals surface area contributed by atoms with Crippen LogP contribution in [0.3, 0.4) is 0 Å². The van der Waals surface area contributed by atoms with Crippen LogP contribution in [0.4, 0.5) is 5.69 Å². The number of nitrogens with zero attached hydrogens (tertiary/aromatic N) is 1. The summed E-state index contributed by atoms with van der Waals surface area (Å²) in [4.78, 5) is 37.5. The fraction of sp³-hybridized carbons (Fsp3) is 0.100. The molecule has 1 aliphatic rings. The van der Waals surface area contributed by atoms with E-state index in [0.29, 0.717) is 19.9 Å². The molecule has 0 unspecified atom stereocenters. The number of anilines is 1. The minimum absolute atomic E-state index is 0.0481. The molecule has 1 aliphatic heterocycles. The van der Waals surface area contributed by atoms with Gasteiger partial charge < -0.3 is 10.4 Å². The van der Waals surface area contributed by atoms with E-state index in [1.165, 1.54) is 40.9 Å². The number of carboxylic acid groups (broad SMARTS) is 1. The monoisotopic (exact) mass is 446 g/mol. The Morgan fingerprint density at radius 1 is 1.17 bits per heavy atom. The summed E-state index contributed by atoms with van der Waals surface area (Å²) in [6.07, 6.45) is 1.73. The normalized spacial score (nSPS) is 15.1. The van der Waals surface area contributed by atoms with Crippen molar-refractivity contribution in [3.05, 3.63) is 69.6 Å². The predicted octanol–water partition coefficient (Wildman–Crippen LogP) is 4.27. The average Bonchev–Trinajstić information content (AvgIpc) is 2.95. The summed E-state index contributed by atoms with van der Waals surface area (Å²) in [6.45, 7) is 0.142. The van der Waals surface area contributed by atoms with Gasteiger partial charge in [0.2, 0.25) is 5.91 Å². The van der Waals surface area contributed by atoms with Gasteiger partial charge in [-0.15, -0.1) is 0 Å². The van der Waals surface area contributed by atoms with Crippen molar-refractivity contribution in [1.29, 1.82) is 0 Å². The maximum absolute atomic E-state index is 12.6. The molecule has 6 nitrogen and oxygen atoms in total. The average molecular weight is 447 g/mol. The molecule has 2 aromatic carbocycles. The number of hydrogen-bond acceptors (Lipinski definition) is 5. The Morgan fingerprint density at radius 2 is 1.86 bits per heavy atom. The second-order valence-corrected chi connectivity index (χ2v) is 8.12. The van der Waals surface area contributed by atoms with Crippen LogP contribution < -0.4 is 5.32 Å². The summed E-state index contributed by atoms with van der Waals surface area (Å²) in [5, 5.41) is 12.1. The van der Waals surface area contributed by atoms with E-state index in [0.717, 1.165) is 5.56 Å². The first-order valence-corrected chi connectivity index (χ1v) is 10.1. The van der Waals surface area contributed by atoms with Crippen molar-refractivity contribution in [3.8, 4) is 0 Å². The summed E-state index contributed by atoms with van der Waals surface area (Å²) in [6, 6.07) is 13.0. The summed E-state index contributed by atoms with van der Waals surface area (Å²) >= 11 is 12.6. The van der Waals surface area contributed by atoms with Gasteiger partial charge in [0.25, 0.3) is 5.91 Å². The molecule has 3 rings (SSSR count). The highest BCUT2D eigenvalue weighted by atomic mass is 35.5. The molecule has 0 bridgehead atoms. The van der Waals surface area contributed by atoms with Crippen LogP contribution in [0, 0.1) is 0 Å². The lowest BCUT2D eigenvalue weighted by molar-refractivity contribution is -0.122. The van der Waals surface area contributed by atoms with Gasteiger partial charge in [0, 0.05) is 23.7 Å². The van der Waals surface area contributed by atoms with Gasteiger partial charge in [-0.05, 0) is 42.0 Å². The molecule has 9 heteroatoms. The molecular weight excluding hydrogens is 432 g/mol. The Kier molecular flexibility index (Phi) is 6.68. The smallest absolute Gasteiger partial charge is 0.335 e. The van der Waals surface area contributed by atoms with Crippen molar-refractivity contribution in [3.63, 3.8) is 0 Å². The number of amides is 2. The number of carbonyl (C=O) groups excluding carboxylic acids is 2. The Labute approximate surface area is 181 Å². The number of benzene rings is 2. The van der Waals surface area contributed by atoms with Crippen molar-refractivity contribution < 1.29 is 19.5 Å². The SMILES string of the molecule is O=C(CCN1C(=O)/C(=C\c2ccccc2Cl)SC1=S)Nc1ccc(C(=O)O)cc1. The number of hydrogen-bond donors (Lipinski definition) is 2. The third kappa shape index (κ3) is 5.23. The molecule has 0 aliphatic carbocycles. The van der Waals surface area contributed by atoms with E-state index >= 15 is 0 Å². The fourth-order valence-corrected chi connectivity index (χ4v) is 4.05. The van der Waals surface area contributed by atoms with Crippen molar-refractivity contribution >= 4 is 69.4 Å². The van der Waals surface area contributed by atoms with Gasteiger partial charge in [0.1, 0.15) is 4.32 Å². The first-order valence-electron chi connectivity index (χ1n) is 8.48. The molecule has 2 N–H and O–H groups in total. The third-order valence-electron chi connectivity index (χ3n) is 4.04. The van der Waals surface area contributed by atoms with Crippen LogP contribution >= 0.6 is 35.6 Å². The quantitative estimate of drug-likeness (QED) is 0.509. The summed E-state index contributed by atoms with van der Waals surface area (Å²) in [5.74, 6) is -1.61. The van der Waals surface area contributed by atoms with Crippen LogP contribution in [-0.2, 0) is 9.59 Å². The molecule has 1 saturated heterocycles. The number of aromatic carboxylic acids is 1. The maximum Gasteiger partial charge on any atom is 0.335 e. The zero-order chi connectivity index (χ0) is 21.0. The predicted molar refractivity (Wildman–Crippen MR) is 118 cm³/mol. The number of carboxylic acids is 1. The molecule has 1 fully saturated rings. The second kappa shape index (κ2) is 9.21. The Bertz CT molecular complexity index is 1020. The zero-order valence-electron chi connectivity index (χ0n) is 14.9. The number of rotatable bonds is 6. The van der Waals surface area contributed by atoms with Gasteiger partial charge in [-0.25, -0.2) is 4.79 Å². The molecule has 0 aromatic heterocycles. The molecule has 0 spiro atoms. The minimum atomic E-state index is -1.04.